The van der Waals surface area contributed by atoms with Crippen molar-refractivity contribution >= 4 is 45.1 Å². The molecule has 1 N–H and O–H groups in total. The Morgan fingerprint density at radius 3 is 2.96 bits per heavy atom. The number of carboxylic acids is 1. The number of thiophene rings is 1. The number of anilines is 1. The summed E-state index contributed by atoms with van der Waals surface area (Å²) in [6.07, 6.45) is 1.30. The van der Waals surface area contributed by atoms with Gasteiger partial charge in [-0.15, -0.1) is 11.3 Å². The van der Waals surface area contributed by atoms with Gasteiger partial charge in [0.1, 0.15) is 10.5 Å². The van der Waals surface area contributed by atoms with Gasteiger partial charge in [-0.25, -0.2) is 9.37 Å². The Hall–Kier alpha value is -2.45. The molecule has 0 radical (unpaired) electrons. The van der Waals surface area contributed by atoms with Crippen molar-refractivity contribution in [1.82, 2.24) is 9.55 Å². The fraction of sp³-hybridized carbons (Fsp3) is 0.316. The molecule has 3 heterocycles. The van der Waals surface area contributed by atoms with Crippen molar-refractivity contribution in [3.63, 3.8) is 0 Å². The first kappa shape index (κ1) is 18.9. The van der Waals surface area contributed by atoms with E-state index >= 15 is 0 Å². The highest BCUT2D eigenvalue weighted by Gasteiger charge is 2.28. The maximum atomic E-state index is 13.4. The van der Waals surface area contributed by atoms with Gasteiger partial charge < -0.3 is 10.0 Å². The number of hydrogen-bond donors (Lipinski definition) is 1. The largest absolute Gasteiger partial charge is 0.481 e. The highest BCUT2D eigenvalue weighted by Crippen LogP contribution is 2.26. The summed E-state index contributed by atoms with van der Waals surface area (Å²) in [5.41, 5.74) is 0.965. The number of benzene rings is 1. The number of carbonyl (C=O) groups is 1. The quantitative estimate of drug-likeness (QED) is 0.696. The van der Waals surface area contributed by atoms with Crippen molar-refractivity contribution in [2.75, 3.05) is 18.0 Å². The van der Waals surface area contributed by atoms with Crippen LogP contribution in [0.3, 0.4) is 0 Å². The zero-order chi connectivity index (χ0) is 19.8. The van der Waals surface area contributed by atoms with Gasteiger partial charge in [0.25, 0.3) is 5.56 Å². The van der Waals surface area contributed by atoms with E-state index in [9.17, 15) is 19.1 Å². The van der Waals surface area contributed by atoms with Crippen LogP contribution in [0.25, 0.3) is 10.2 Å². The Labute approximate surface area is 168 Å². The molecule has 1 aliphatic heterocycles. The summed E-state index contributed by atoms with van der Waals surface area (Å²) in [7, 11) is 0. The summed E-state index contributed by atoms with van der Waals surface area (Å²) < 4.78 is 15.4. The fourth-order valence-electron chi connectivity index (χ4n) is 3.50. The molecule has 1 aromatic carbocycles. The summed E-state index contributed by atoms with van der Waals surface area (Å²) in [5, 5.41) is 11.4. The Balaban J connectivity index is 1.81. The van der Waals surface area contributed by atoms with Crippen molar-refractivity contribution in [1.29, 1.82) is 0 Å². The molecule has 1 fully saturated rings. The lowest BCUT2D eigenvalue weighted by Gasteiger charge is -2.33. The van der Waals surface area contributed by atoms with Crippen LogP contribution in [0.1, 0.15) is 18.4 Å². The third-order valence-corrected chi connectivity index (χ3v) is 6.19. The molecule has 0 aliphatic carbocycles. The van der Waals surface area contributed by atoms with Gasteiger partial charge in [0.2, 0.25) is 5.95 Å². The monoisotopic (exact) mass is 421 g/mol. The van der Waals surface area contributed by atoms with E-state index in [0.717, 1.165) is 0 Å². The zero-order valence-electron chi connectivity index (χ0n) is 14.8. The van der Waals surface area contributed by atoms with Gasteiger partial charge in [0.15, 0.2) is 0 Å². The molecule has 0 spiro atoms. The number of piperidine rings is 1. The predicted octanol–water partition coefficient (Wildman–Crippen LogP) is 3.60. The molecule has 146 valence electrons. The zero-order valence-corrected chi connectivity index (χ0v) is 16.3. The van der Waals surface area contributed by atoms with E-state index < -0.39 is 17.7 Å². The van der Waals surface area contributed by atoms with Crippen LogP contribution >= 0.6 is 22.9 Å². The Bertz CT molecular complexity index is 1110. The number of hydrogen-bond acceptors (Lipinski definition) is 5. The first-order valence-corrected chi connectivity index (χ1v) is 10.1. The second kappa shape index (κ2) is 7.52. The van der Waals surface area contributed by atoms with Crippen LogP contribution in [-0.2, 0) is 11.3 Å². The van der Waals surface area contributed by atoms with Crippen LogP contribution < -0.4 is 10.5 Å². The second-order valence-corrected chi connectivity index (χ2v) is 8.12. The lowest BCUT2D eigenvalue weighted by molar-refractivity contribution is -0.141. The minimum Gasteiger partial charge on any atom is -0.481 e. The van der Waals surface area contributed by atoms with Gasteiger partial charge in [-0.05, 0) is 42.0 Å². The Kier molecular flexibility index (Phi) is 5.07. The predicted molar refractivity (Wildman–Crippen MR) is 107 cm³/mol. The highest BCUT2D eigenvalue weighted by atomic mass is 35.5. The van der Waals surface area contributed by atoms with Crippen LogP contribution in [0.15, 0.2) is 34.4 Å². The molecule has 1 unspecified atom stereocenters. The third kappa shape index (κ3) is 3.49. The van der Waals surface area contributed by atoms with E-state index in [1.807, 2.05) is 4.90 Å². The average molecular weight is 422 g/mol. The van der Waals surface area contributed by atoms with Crippen molar-refractivity contribution in [3.05, 3.63) is 56.4 Å². The van der Waals surface area contributed by atoms with Gasteiger partial charge in [0, 0.05) is 18.1 Å². The van der Waals surface area contributed by atoms with Crippen molar-refractivity contribution < 1.29 is 14.3 Å². The van der Waals surface area contributed by atoms with Gasteiger partial charge in [-0.2, -0.15) is 0 Å². The first-order valence-electron chi connectivity index (χ1n) is 8.84. The Morgan fingerprint density at radius 1 is 1.39 bits per heavy atom. The van der Waals surface area contributed by atoms with E-state index in [1.165, 1.54) is 28.0 Å². The summed E-state index contributed by atoms with van der Waals surface area (Å²) in [5.74, 6) is -1.39. The van der Waals surface area contributed by atoms with Crippen LogP contribution in [0.5, 0.6) is 0 Å². The maximum Gasteiger partial charge on any atom is 0.308 e. The van der Waals surface area contributed by atoms with E-state index in [1.54, 1.807) is 17.5 Å². The average Bonchev–Trinajstić information content (AvgIpc) is 3.14. The summed E-state index contributed by atoms with van der Waals surface area (Å²) in [4.78, 5) is 31.1. The number of aliphatic carboxylic acids is 1. The van der Waals surface area contributed by atoms with Crippen LogP contribution in [0.2, 0.25) is 5.02 Å². The molecule has 3 aromatic rings. The Morgan fingerprint density at radius 2 is 2.21 bits per heavy atom. The van der Waals surface area contributed by atoms with Crippen molar-refractivity contribution in [2.24, 2.45) is 5.92 Å². The van der Waals surface area contributed by atoms with Crippen LogP contribution in [-0.4, -0.2) is 33.7 Å². The minimum atomic E-state index is -0.850. The molecule has 9 heteroatoms. The molecule has 1 aliphatic rings. The molecular weight excluding hydrogens is 405 g/mol. The van der Waals surface area contributed by atoms with E-state index in [4.69, 9.17) is 11.6 Å². The fourth-order valence-corrected chi connectivity index (χ4v) is 4.50. The standard InChI is InChI=1S/C19H17ClFN3O3S/c20-14-8-13(21)4-3-11(14)10-24-17(25)16-15(5-7-28-16)22-19(24)23-6-1-2-12(9-23)18(26)27/h3-5,7-8,12H,1-2,6,9-10H2,(H,26,27). The molecular formula is C19H17ClFN3O3S. The second-order valence-electron chi connectivity index (χ2n) is 6.80. The number of fused-ring (bicyclic) bond motifs is 1. The first-order chi connectivity index (χ1) is 13.4. The van der Waals surface area contributed by atoms with Crippen molar-refractivity contribution in [3.8, 4) is 0 Å². The lowest BCUT2D eigenvalue weighted by atomic mass is 9.99. The molecule has 6 nitrogen and oxygen atoms in total. The molecule has 2 aromatic heterocycles. The van der Waals surface area contributed by atoms with Gasteiger partial charge in [-0.1, -0.05) is 17.7 Å². The smallest absolute Gasteiger partial charge is 0.308 e. The topological polar surface area (TPSA) is 75.4 Å². The van der Waals surface area contributed by atoms with Crippen LogP contribution in [0, 0.1) is 11.7 Å². The molecule has 0 bridgehead atoms. The minimum absolute atomic E-state index is 0.127. The highest BCUT2D eigenvalue weighted by molar-refractivity contribution is 7.17. The maximum absolute atomic E-state index is 13.4. The number of carboxylic acid groups (broad SMARTS) is 1. The number of halogens is 2. The third-order valence-electron chi connectivity index (χ3n) is 4.94. The van der Waals surface area contributed by atoms with Gasteiger partial charge in [0.05, 0.1) is 18.0 Å². The normalized spacial score (nSPS) is 17.2. The van der Waals surface area contributed by atoms with Crippen LogP contribution in [0.4, 0.5) is 10.3 Å². The summed E-state index contributed by atoms with van der Waals surface area (Å²) in [6, 6.07) is 5.83. The molecule has 0 saturated carbocycles. The van der Waals surface area contributed by atoms with Crippen molar-refractivity contribution in [2.45, 2.75) is 19.4 Å². The van der Waals surface area contributed by atoms with E-state index in [2.05, 4.69) is 4.98 Å². The number of rotatable bonds is 4. The van der Waals surface area contributed by atoms with E-state index in [-0.39, 0.29) is 23.7 Å². The molecule has 0 amide bonds. The van der Waals surface area contributed by atoms with Gasteiger partial charge >= 0.3 is 5.97 Å². The number of nitrogens with zero attached hydrogens (tertiary/aromatic N) is 3. The molecule has 28 heavy (non-hydrogen) atoms. The summed E-state index contributed by atoms with van der Waals surface area (Å²) in [6.45, 7) is 1.03. The molecule has 4 rings (SSSR count). The van der Waals surface area contributed by atoms with Gasteiger partial charge in [-0.3, -0.25) is 14.2 Å². The summed E-state index contributed by atoms with van der Waals surface area (Å²) >= 11 is 7.47. The van der Waals surface area contributed by atoms with E-state index in [0.29, 0.717) is 41.1 Å². The SMILES string of the molecule is O=C(O)C1CCCN(c2nc3ccsc3c(=O)n2Cc2ccc(F)cc2Cl)C1. The molecule has 1 atom stereocenters. The molecule has 1 saturated heterocycles. The number of aromatic nitrogens is 2. The lowest BCUT2D eigenvalue weighted by Crippen LogP contribution is -2.42.